The van der Waals surface area contributed by atoms with Gasteiger partial charge in [0.25, 0.3) is 0 Å². The molecule has 0 radical (unpaired) electrons. The highest BCUT2D eigenvalue weighted by atomic mass is 35.5. The molecular weight excluding hydrogens is 266 g/mol. The summed E-state index contributed by atoms with van der Waals surface area (Å²) in [6, 6.07) is 17.3. The molecule has 0 aliphatic rings. The third kappa shape index (κ3) is 4.36. The third-order valence-corrected chi connectivity index (χ3v) is 3.80. The molecule has 20 heavy (non-hydrogen) atoms. The van der Waals surface area contributed by atoms with Crippen molar-refractivity contribution >= 4 is 11.6 Å². The summed E-state index contributed by atoms with van der Waals surface area (Å²) >= 11 is 5.94. The highest BCUT2D eigenvalue weighted by Gasteiger charge is 2.07. The maximum absolute atomic E-state index is 5.94. The molecule has 0 spiro atoms. The summed E-state index contributed by atoms with van der Waals surface area (Å²) in [5.74, 6) is 0.664. The zero-order chi connectivity index (χ0) is 14.4. The molecule has 0 atom stereocenters. The standard InChI is InChI=1S/C18H22ClN/c1-15-8-9-18(12-16(15)2)14-20(11-10-19)13-17-6-4-3-5-7-17/h3-9,12H,10-11,13-14H2,1-2H3. The Balaban J connectivity index is 2.06. The van der Waals surface area contributed by atoms with Crippen molar-refractivity contribution in [1.29, 1.82) is 0 Å². The lowest BCUT2D eigenvalue weighted by Gasteiger charge is -2.22. The van der Waals surface area contributed by atoms with Gasteiger partial charge >= 0.3 is 0 Å². The Bertz CT molecular complexity index is 536. The average Bonchev–Trinajstić information content (AvgIpc) is 2.44. The molecule has 2 rings (SSSR count). The van der Waals surface area contributed by atoms with Crippen LogP contribution in [0.3, 0.4) is 0 Å². The van der Waals surface area contributed by atoms with Crippen LogP contribution in [0, 0.1) is 13.8 Å². The van der Waals surface area contributed by atoms with E-state index in [-0.39, 0.29) is 0 Å². The predicted octanol–water partition coefficient (Wildman–Crippen LogP) is 4.54. The number of benzene rings is 2. The predicted molar refractivity (Wildman–Crippen MR) is 87.2 cm³/mol. The fourth-order valence-corrected chi connectivity index (χ4v) is 2.57. The van der Waals surface area contributed by atoms with Gasteiger partial charge in [0.15, 0.2) is 0 Å². The highest BCUT2D eigenvalue weighted by molar-refractivity contribution is 6.18. The Kier molecular flexibility index (Phi) is 5.63. The van der Waals surface area contributed by atoms with E-state index in [4.69, 9.17) is 11.6 Å². The fraction of sp³-hybridized carbons (Fsp3) is 0.333. The minimum absolute atomic E-state index is 0.664. The number of nitrogens with zero attached hydrogens (tertiary/aromatic N) is 1. The Morgan fingerprint density at radius 3 is 2.20 bits per heavy atom. The molecule has 2 aromatic rings. The molecule has 0 heterocycles. The molecular formula is C18H22ClN. The van der Waals surface area contributed by atoms with Gasteiger partial charge in [-0.2, -0.15) is 0 Å². The molecule has 106 valence electrons. The normalized spacial score (nSPS) is 11.0. The second-order valence-corrected chi connectivity index (χ2v) is 5.68. The molecule has 2 heteroatoms. The minimum atomic E-state index is 0.664. The van der Waals surface area contributed by atoms with Gasteiger partial charge in [0.05, 0.1) is 0 Å². The molecule has 0 N–H and O–H groups in total. The summed E-state index contributed by atoms with van der Waals surface area (Å²) in [7, 11) is 0. The first-order valence-corrected chi connectivity index (χ1v) is 7.61. The van der Waals surface area contributed by atoms with Gasteiger partial charge in [-0.25, -0.2) is 0 Å². The van der Waals surface area contributed by atoms with Crippen LogP contribution in [-0.2, 0) is 13.1 Å². The zero-order valence-corrected chi connectivity index (χ0v) is 13.0. The Hall–Kier alpha value is -1.31. The van der Waals surface area contributed by atoms with E-state index in [2.05, 4.69) is 67.3 Å². The van der Waals surface area contributed by atoms with Crippen molar-refractivity contribution in [3.8, 4) is 0 Å². The monoisotopic (exact) mass is 287 g/mol. The van der Waals surface area contributed by atoms with Crippen LogP contribution >= 0.6 is 11.6 Å². The van der Waals surface area contributed by atoms with Crippen molar-refractivity contribution in [2.24, 2.45) is 0 Å². The quantitative estimate of drug-likeness (QED) is 0.705. The number of alkyl halides is 1. The van der Waals surface area contributed by atoms with Gasteiger partial charge in [0, 0.05) is 25.5 Å². The van der Waals surface area contributed by atoms with Gasteiger partial charge in [0.2, 0.25) is 0 Å². The van der Waals surface area contributed by atoms with Crippen LogP contribution in [0.2, 0.25) is 0 Å². The zero-order valence-electron chi connectivity index (χ0n) is 12.3. The Labute approximate surface area is 127 Å². The molecule has 0 aromatic heterocycles. The molecule has 0 aliphatic carbocycles. The molecule has 0 bridgehead atoms. The lowest BCUT2D eigenvalue weighted by molar-refractivity contribution is 0.273. The SMILES string of the molecule is Cc1ccc(CN(CCCl)Cc2ccccc2)cc1C. The summed E-state index contributed by atoms with van der Waals surface area (Å²) in [6.45, 7) is 7.12. The van der Waals surface area contributed by atoms with Crippen molar-refractivity contribution in [3.05, 3.63) is 70.8 Å². The van der Waals surface area contributed by atoms with Crippen molar-refractivity contribution in [2.45, 2.75) is 26.9 Å². The summed E-state index contributed by atoms with van der Waals surface area (Å²) in [5.41, 5.74) is 5.39. The molecule has 0 saturated heterocycles. The minimum Gasteiger partial charge on any atom is -0.294 e. The summed E-state index contributed by atoms with van der Waals surface area (Å²) in [6.07, 6.45) is 0. The van der Waals surface area contributed by atoms with Crippen LogP contribution in [-0.4, -0.2) is 17.3 Å². The van der Waals surface area contributed by atoms with Crippen LogP contribution in [0.4, 0.5) is 0 Å². The number of rotatable bonds is 6. The third-order valence-electron chi connectivity index (χ3n) is 3.63. The highest BCUT2D eigenvalue weighted by Crippen LogP contribution is 2.14. The summed E-state index contributed by atoms with van der Waals surface area (Å²) in [5, 5.41) is 0. The molecule has 2 aromatic carbocycles. The van der Waals surface area contributed by atoms with Gasteiger partial charge in [-0.3, -0.25) is 4.90 Å². The molecule has 0 aliphatic heterocycles. The first-order valence-electron chi connectivity index (χ1n) is 7.07. The van der Waals surface area contributed by atoms with Crippen LogP contribution in [0.1, 0.15) is 22.3 Å². The van der Waals surface area contributed by atoms with Gasteiger partial charge < -0.3 is 0 Å². The second kappa shape index (κ2) is 7.47. The van der Waals surface area contributed by atoms with E-state index in [1.54, 1.807) is 0 Å². The lowest BCUT2D eigenvalue weighted by Crippen LogP contribution is -2.25. The fourth-order valence-electron chi connectivity index (χ4n) is 2.34. The summed E-state index contributed by atoms with van der Waals surface area (Å²) in [4.78, 5) is 2.40. The van der Waals surface area contributed by atoms with Crippen LogP contribution in [0.15, 0.2) is 48.5 Å². The number of aryl methyl sites for hydroxylation is 2. The van der Waals surface area contributed by atoms with Crippen LogP contribution in [0.5, 0.6) is 0 Å². The first kappa shape index (κ1) is 15.1. The molecule has 0 unspecified atom stereocenters. The van der Waals surface area contributed by atoms with Gasteiger partial charge in [-0.15, -0.1) is 11.6 Å². The van der Waals surface area contributed by atoms with E-state index < -0.39 is 0 Å². The largest absolute Gasteiger partial charge is 0.294 e. The molecule has 0 amide bonds. The van der Waals surface area contributed by atoms with E-state index in [0.29, 0.717) is 5.88 Å². The Morgan fingerprint density at radius 2 is 1.55 bits per heavy atom. The van der Waals surface area contributed by atoms with Gasteiger partial charge in [0.1, 0.15) is 0 Å². The number of halogens is 1. The maximum atomic E-state index is 5.94. The smallest absolute Gasteiger partial charge is 0.0351 e. The van der Waals surface area contributed by atoms with Gasteiger partial charge in [-0.1, -0.05) is 48.5 Å². The van der Waals surface area contributed by atoms with Crippen molar-refractivity contribution < 1.29 is 0 Å². The number of hydrogen-bond donors (Lipinski definition) is 0. The van der Waals surface area contributed by atoms with E-state index in [1.807, 2.05) is 0 Å². The lowest BCUT2D eigenvalue weighted by atomic mass is 10.1. The van der Waals surface area contributed by atoms with Crippen molar-refractivity contribution in [3.63, 3.8) is 0 Å². The molecule has 1 nitrogen and oxygen atoms in total. The van der Waals surface area contributed by atoms with Crippen molar-refractivity contribution in [1.82, 2.24) is 4.90 Å². The van der Waals surface area contributed by atoms with Gasteiger partial charge in [-0.05, 0) is 36.1 Å². The Morgan fingerprint density at radius 1 is 0.850 bits per heavy atom. The number of hydrogen-bond acceptors (Lipinski definition) is 1. The molecule has 0 saturated carbocycles. The molecule has 0 fully saturated rings. The van der Waals surface area contributed by atoms with Crippen LogP contribution in [0.25, 0.3) is 0 Å². The van der Waals surface area contributed by atoms with E-state index in [9.17, 15) is 0 Å². The maximum Gasteiger partial charge on any atom is 0.0351 e. The van der Waals surface area contributed by atoms with E-state index in [0.717, 1.165) is 19.6 Å². The second-order valence-electron chi connectivity index (χ2n) is 5.30. The van der Waals surface area contributed by atoms with Crippen molar-refractivity contribution in [2.75, 3.05) is 12.4 Å². The topological polar surface area (TPSA) is 3.24 Å². The first-order chi connectivity index (χ1) is 9.69. The van der Waals surface area contributed by atoms with E-state index in [1.165, 1.54) is 22.3 Å². The average molecular weight is 288 g/mol. The van der Waals surface area contributed by atoms with Crippen LogP contribution < -0.4 is 0 Å². The van der Waals surface area contributed by atoms with E-state index >= 15 is 0 Å². The summed E-state index contributed by atoms with van der Waals surface area (Å²) < 4.78 is 0.